The van der Waals surface area contributed by atoms with E-state index in [4.69, 9.17) is 9.47 Å². The van der Waals surface area contributed by atoms with Gasteiger partial charge in [-0.1, -0.05) is 25.2 Å². The van der Waals surface area contributed by atoms with Crippen LogP contribution >= 0.6 is 11.3 Å². The van der Waals surface area contributed by atoms with Crippen LogP contribution in [0.25, 0.3) is 0 Å². The summed E-state index contributed by atoms with van der Waals surface area (Å²) in [6, 6.07) is 0.379. The van der Waals surface area contributed by atoms with Crippen LogP contribution in [0.1, 0.15) is 65.7 Å². The Bertz CT molecular complexity index is 583. The highest BCUT2D eigenvalue weighted by atomic mass is 32.1. The molecule has 2 unspecified atom stereocenters. The third-order valence-electron chi connectivity index (χ3n) is 4.36. The molecule has 0 saturated carbocycles. The molecule has 1 aliphatic rings. The Morgan fingerprint density at radius 1 is 1.33 bits per heavy atom. The molecule has 1 aliphatic heterocycles. The lowest BCUT2D eigenvalue weighted by atomic mass is 10.1. The van der Waals surface area contributed by atoms with E-state index >= 15 is 0 Å². The van der Waals surface area contributed by atoms with Crippen molar-refractivity contribution in [1.82, 2.24) is 15.6 Å². The Morgan fingerprint density at radius 3 is 2.70 bits per heavy atom. The van der Waals surface area contributed by atoms with E-state index in [1.54, 1.807) is 6.20 Å². The number of rotatable bonds is 7. The molecule has 0 bridgehead atoms. The molecule has 2 atom stereocenters. The number of aliphatic hydroxyl groups is 1. The minimum absolute atomic E-state index is 0.0469. The number of ether oxygens (including phenoxy) is 2. The van der Waals surface area contributed by atoms with E-state index in [2.05, 4.69) is 15.6 Å². The van der Waals surface area contributed by atoms with Gasteiger partial charge in [0.1, 0.15) is 18.8 Å². The lowest BCUT2D eigenvalue weighted by Crippen LogP contribution is -2.35. The molecule has 1 amide bonds. The van der Waals surface area contributed by atoms with Crippen LogP contribution in [-0.2, 0) is 14.3 Å². The number of aromatic nitrogens is 1. The fraction of sp³-hybridized carbons (Fsp3) is 0.762. The molecular weight excluding hydrogens is 406 g/mol. The Balaban J connectivity index is 0.000000303. The number of aliphatic hydroxyl groups excluding tert-OH is 1. The van der Waals surface area contributed by atoms with E-state index in [0.717, 1.165) is 45.1 Å². The summed E-state index contributed by atoms with van der Waals surface area (Å²) in [7, 11) is 0. The van der Waals surface area contributed by atoms with Crippen molar-refractivity contribution in [3.63, 3.8) is 0 Å². The van der Waals surface area contributed by atoms with Crippen molar-refractivity contribution in [2.24, 2.45) is 0 Å². The summed E-state index contributed by atoms with van der Waals surface area (Å²) in [5, 5.41) is 18.0. The van der Waals surface area contributed by atoms with Crippen molar-refractivity contribution in [2.75, 3.05) is 19.7 Å². The third-order valence-corrected chi connectivity index (χ3v) is 5.04. The van der Waals surface area contributed by atoms with Crippen molar-refractivity contribution in [1.29, 1.82) is 0 Å². The molecule has 2 heterocycles. The summed E-state index contributed by atoms with van der Waals surface area (Å²) < 4.78 is 10.5. The minimum Gasteiger partial charge on any atom is -0.467 e. The highest BCUT2D eigenvalue weighted by molar-refractivity contribution is 7.11. The lowest BCUT2D eigenvalue weighted by Gasteiger charge is -2.16. The van der Waals surface area contributed by atoms with Gasteiger partial charge in [-0.25, -0.2) is 4.98 Å². The number of carbonyl (C=O) groups excluding carboxylic acids is 2. The zero-order valence-corrected chi connectivity index (χ0v) is 19.2. The van der Waals surface area contributed by atoms with Gasteiger partial charge >= 0.3 is 5.97 Å². The van der Waals surface area contributed by atoms with Crippen LogP contribution in [0.4, 0.5) is 0 Å². The van der Waals surface area contributed by atoms with E-state index in [1.807, 2.05) is 19.2 Å². The van der Waals surface area contributed by atoms with E-state index in [-0.39, 0.29) is 24.6 Å². The fourth-order valence-corrected chi connectivity index (χ4v) is 3.34. The minimum atomic E-state index is -0.485. The van der Waals surface area contributed by atoms with E-state index < -0.39 is 6.10 Å². The molecule has 0 radical (unpaired) electrons. The summed E-state index contributed by atoms with van der Waals surface area (Å²) in [6.45, 7) is 7.10. The highest BCUT2D eigenvalue weighted by Crippen LogP contribution is 2.15. The van der Waals surface area contributed by atoms with Crippen molar-refractivity contribution < 1.29 is 24.2 Å². The summed E-state index contributed by atoms with van der Waals surface area (Å²) >= 11 is 1.42. The van der Waals surface area contributed by atoms with Gasteiger partial charge < -0.3 is 25.2 Å². The van der Waals surface area contributed by atoms with Gasteiger partial charge in [0.2, 0.25) is 5.91 Å². The van der Waals surface area contributed by atoms with Crippen LogP contribution in [0.15, 0.2) is 11.6 Å². The average Bonchev–Trinajstić information content (AvgIpc) is 3.19. The predicted octanol–water partition coefficient (Wildman–Crippen LogP) is 2.66. The molecular formula is C21H37N3O5S. The first-order chi connectivity index (χ1) is 14.4. The summed E-state index contributed by atoms with van der Waals surface area (Å²) in [4.78, 5) is 26.1. The van der Waals surface area contributed by atoms with Crippen LogP contribution in [0, 0.1) is 0 Å². The van der Waals surface area contributed by atoms with Crippen LogP contribution in [0.3, 0.4) is 0 Å². The molecule has 3 N–H and O–H groups in total. The van der Waals surface area contributed by atoms with E-state index in [1.165, 1.54) is 18.3 Å². The first-order valence-electron chi connectivity index (χ1n) is 10.7. The second-order valence-corrected chi connectivity index (χ2v) is 8.51. The molecule has 1 aromatic heterocycles. The zero-order chi connectivity index (χ0) is 22.2. The Hall–Kier alpha value is -1.71. The molecule has 172 valence electrons. The van der Waals surface area contributed by atoms with Crippen molar-refractivity contribution >= 4 is 23.2 Å². The Kier molecular flexibility index (Phi) is 14.1. The normalized spacial score (nSPS) is 19.0. The summed E-state index contributed by atoms with van der Waals surface area (Å²) in [5.74, 6) is -0.0555. The maximum Gasteiger partial charge on any atom is 0.302 e. The molecule has 9 heteroatoms. The van der Waals surface area contributed by atoms with Crippen LogP contribution < -0.4 is 15.4 Å². The second kappa shape index (κ2) is 16.0. The van der Waals surface area contributed by atoms with Crippen LogP contribution in [0.2, 0.25) is 0 Å². The number of nitrogens with one attached hydrogen (secondary N) is 2. The van der Waals surface area contributed by atoms with Crippen molar-refractivity contribution in [3.05, 3.63) is 11.6 Å². The molecule has 2 rings (SSSR count). The number of hydrogen-bond acceptors (Lipinski definition) is 8. The Morgan fingerprint density at radius 2 is 2.07 bits per heavy atom. The highest BCUT2D eigenvalue weighted by Gasteiger charge is 2.13. The van der Waals surface area contributed by atoms with Crippen molar-refractivity contribution in [3.8, 4) is 5.19 Å². The third kappa shape index (κ3) is 14.3. The van der Waals surface area contributed by atoms with Crippen molar-refractivity contribution in [2.45, 2.75) is 84.0 Å². The summed E-state index contributed by atoms with van der Waals surface area (Å²) in [6.07, 6.45) is 7.41. The Labute approximate surface area is 183 Å². The average molecular weight is 444 g/mol. The fourth-order valence-electron chi connectivity index (χ4n) is 2.85. The van der Waals surface area contributed by atoms with Gasteiger partial charge in [0.05, 0.1) is 0 Å². The molecule has 0 aliphatic carbocycles. The van der Waals surface area contributed by atoms with Gasteiger partial charge in [0.25, 0.3) is 5.19 Å². The van der Waals surface area contributed by atoms with Gasteiger partial charge in [-0.15, -0.1) is 0 Å². The van der Waals surface area contributed by atoms with Gasteiger partial charge in [0, 0.05) is 44.1 Å². The predicted molar refractivity (Wildman–Crippen MR) is 118 cm³/mol. The van der Waals surface area contributed by atoms with Gasteiger partial charge in [-0.3, -0.25) is 9.59 Å². The van der Waals surface area contributed by atoms with Gasteiger partial charge in [0.15, 0.2) is 0 Å². The SMILES string of the molecule is CC(=O)OC1CCCCNC(=O)CCCC1.CC(C)NCC(O)COc1nccs1. The largest absolute Gasteiger partial charge is 0.467 e. The molecule has 30 heavy (non-hydrogen) atoms. The molecule has 1 saturated heterocycles. The number of hydrogen-bond donors (Lipinski definition) is 3. The molecule has 1 fully saturated rings. The second-order valence-electron chi connectivity index (χ2n) is 7.65. The first-order valence-corrected chi connectivity index (χ1v) is 11.6. The molecule has 8 nitrogen and oxygen atoms in total. The van der Waals surface area contributed by atoms with E-state index in [9.17, 15) is 14.7 Å². The number of thiazole rings is 1. The van der Waals surface area contributed by atoms with Crippen LogP contribution in [0.5, 0.6) is 5.19 Å². The number of amides is 1. The number of esters is 1. The van der Waals surface area contributed by atoms with Gasteiger partial charge in [-0.2, -0.15) is 0 Å². The zero-order valence-electron chi connectivity index (χ0n) is 18.4. The van der Waals surface area contributed by atoms with Crippen LogP contribution in [-0.4, -0.2) is 59.9 Å². The van der Waals surface area contributed by atoms with Gasteiger partial charge in [-0.05, 0) is 38.5 Å². The summed E-state index contributed by atoms with van der Waals surface area (Å²) in [5.41, 5.74) is 0. The smallest absolute Gasteiger partial charge is 0.302 e. The topological polar surface area (TPSA) is 110 Å². The maximum absolute atomic E-state index is 11.3. The standard InChI is InChI=1S/C12H21NO3.C9H16N2O2S/c1-10(14)16-11-6-2-3-8-12(15)13-9-5-4-7-11;1-7(2)11-5-8(12)6-13-9-10-3-4-14-9/h11H,2-9H2,1H3,(H,13,15);3-4,7-8,11-12H,5-6H2,1-2H3. The maximum atomic E-state index is 11.3. The molecule has 1 aromatic rings. The van der Waals surface area contributed by atoms with E-state index in [0.29, 0.717) is 24.2 Å². The number of carbonyl (C=O) groups is 2. The molecule has 0 spiro atoms. The lowest BCUT2D eigenvalue weighted by molar-refractivity contribution is -0.147. The first kappa shape index (κ1) is 26.3. The molecule has 0 aromatic carbocycles. The number of nitrogens with zero attached hydrogens (tertiary/aromatic N) is 1. The quantitative estimate of drug-likeness (QED) is 0.556. The monoisotopic (exact) mass is 443 g/mol.